The number of aromatic nitrogens is 3. The Morgan fingerprint density at radius 2 is 1.05 bits per heavy atom. The SMILES string of the molecule is c1ccc(-c2cc(-c3ccccc3)nc(-c3cccc4c3c3ccccc3n4-c3cc(-c4cccc5c4sc4ccccc45)c4oc5ccccc5c4c3)n2)cc1. The van der Waals surface area contributed by atoms with Gasteiger partial charge in [-0.25, -0.2) is 9.97 Å². The van der Waals surface area contributed by atoms with Crippen molar-refractivity contribution in [3.05, 3.63) is 188 Å². The highest BCUT2D eigenvalue weighted by Gasteiger charge is 2.22. The summed E-state index contributed by atoms with van der Waals surface area (Å²) < 4.78 is 11.7. The van der Waals surface area contributed by atoms with Crippen LogP contribution in [0.5, 0.6) is 0 Å². The zero-order chi connectivity index (χ0) is 37.5. The topological polar surface area (TPSA) is 43.9 Å². The van der Waals surface area contributed by atoms with E-state index in [1.807, 2.05) is 29.5 Å². The van der Waals surface area contributed by atoms with E-state index in [0.717, 1.165) is 83.1 Å². The summed E-state index contributed by atoms with van der Waals surface area (Å²) in [7, 11) is 0. The number of nitrogens with zero attached hydrogens (tertiary/aromatic N) is 3. The van der Waals surface area contributed by atoms with Crippen molar-refractivity contribution >= 4 is 75.3 Å². The summed E-state index contributed by atoms with van der Waals surface area (Å²) in [6.45, 7) is 0. The largest absolute Gasteiger partial charge is 0.455 e. The van der Waals surface area contributed by atoms with Gasteiger partial charge in [-0.1, -0.05) is 146 Å². The van der Waals surface area contributed by atoms with Crippen LogP contribution in [0, 0.1) is 0 Å². The van der Waals surface area contributed by atoms with Gasteiger partial charge in [-0.2, -0.15) is 0 Å². The van der Waals surface area contributed by atoms with Crippen LogP contribution in [0.2, 0.25) is 0 Å². The van der Waals surface area contributed by atoms with Crippen molar-refractivity contribution in [1.29, 1.82) is 0 Å². The fraction of sp³-hybridized carbons (Fsp3) is 0. The number of rotatable bonds is 5. The molecule has 0 bridgehead atoms. The van der Waals surface area contributed by atoms with Crippen molar-refractivity contribution in [1.82, 2.24) is 14.5 Å². The van der Waals surface area contributed by atoms with Gasteiger partial charge in [0.15, 0.2) is 5.82 Å². The second kappa shape index (κ2) is 12.6. The van der Waals surface area contributed by atoms with Crippen molar-refractivity contribution < 1.29 is 4.42 Å². The second-order valence-electron chi connectivity index (χ2n) is 14.5. The van der Waals surface area contributed by atoms with Crippen LogP contribution in [0.15, 0.2) is 192 Å². The summed E-state index contributed by atoms with van der Waals surface area (Å²) >= 11 is 1.84. The normalized spacial score (nSPS) is 11.9. The fourth-order valence-corrected chi connectivity index (χ4v) is 9.90. The number of benzene rings is 8. The Hall–Kier alpha value is -7.34. The Balaban J connectivity index is 1.15. The van der Waals surface area contributed by atoms with Crippen LogP contribution in [0.25, 0.3) is 115 Å². The Morgan fingerprint density at radius 3 is 1.84 bits per heavy atom. The zero-order valence-corrected chi connectivity index (χ0v) is 31.4. The van der Waals surface area contributed by atoms with E-state index in [9.17, 15) is 0 Å². The second-order valence-corrected chi connectivity index (χ2v) is 15.5. The summed E-state index contributed by atoms with van der Waals surface area (Å²) in [6.07, 6.45) is 0. The third-order valence-electron chi connectivity index (χ3n) is 11.2. The summed E-state index contributed by atoms with van der Waals surface area (Å²) in [5, 5.41) is 6.98. The molecule has 0 fully saturated rings. The lowest BCUT2D eigenvalue weighted by molar-refractivity contribution is 0.670. The first-order chi connectivity index (χ1) is 28.3. The number of hydrogen-bond acceptors (Lipinski definition) is 4. The molecule has 0 unspecified atom stereocenters. The number of thiophene rings is 1. The average Bonchev–Trinajstić information content (AvgIpc) is 3.96. The summed E-state index contributed by atoms with van der Waals surface area (Å²) in [5.74, 6) is 0.692. The molecule has 0 saturated carbocycles. The van der Waals surface area contributed by atoms with E-state index in [0.29, 0.717) is 5.82 Å². The molecule has 0 atom stereocenters. The Bertz CT molecular complexity index is 3470. The van der Waals surface area contributed by atoms with Crippen molar-refractivity contribution in [3.8, 4) is 50.7 Å². The van der Waals surface area contributed by atoms with E-state index in [2.05, 4.69) is 174 Å². The predicted molar refractivity (Wildman–Crippen MR) is 238 cm³/mol. The third-order valence-corrected chi connectivity index (χ3v) is 12.4. The quantitative estimate of drug-likeness (QED) is 0.176. The van der Waals surface area contributed by atoms with Crippen LogP contribution in [-0.4, -0.2) is 14.5 Å². The third kappa shape index (κ3) is 4.99. The van der Waals surface area contributed by atoms with Gasteiger partial charge in [0.1, 0.15) is 11.2 Å². The molecular formula is C52H31N3OS. The highest BCUT2D eigenvalue weighted by atomic mass is 32.1. The molecule has 0 N–H and O–H groups in total. The maximum absolute atomic E-state index is 6.76. The minimum atomic E-state index is 0.692. The molecule has 266 valence electrons. The van der Waals surface area contributed by atoms with Gasteiger partial charge in [0.25, 0.3) is 0 Å². The van der Waals surface area contributed by atoms with Crippen LogP contribution in [-0.2, 0) is 0 Å². The highest BCUT2D eigenvalue weighted by molar-refractivity contribution is 7.26. The molecule has 5 heteroatoms. The molecule has 4 heterocycles. The smallest absolute Gasteiger partial charge is 0.161 e. The Labute approximate surface area is 331 Å². The van der Waals surface area contributed by atoms with E-state index >= 15 is 0 Å². The number of para-hydroxylation sites is 2. The van der Waals surface area contributed by atoms with Gasteiger partial charge in [-0.05, 0) is 42.5 Å². The van der Waals surface area contributed by atoms with Crippen LogP contribution in [0.3, 0.4) is 0 Å². The minimum Gasteiger partial charge on any atom is -0.455 e. The molecule has 0 saturated heterocycles. The van der Waals surface area contributed by atoms with Gasteiger partial charge in [-0.15, -0.1) is 11.3 Å². The van der Waals surface area contributed by atoms with Gasteiger partial charge in [0.05, 0.1) is 22.4 Å². The van der Waals surface area contributed by atoms with Gasteiger partial charge >= 0.3 is 0 Å². The minimum absolute atomic E-state index is 0.692. The maximum atomic E-state index is 6.76. The molecule has 8 aromatic carbocycles. The first-order valence-electron chi connectivity index (χ1n) is 19.2. The van der Waals surface area contributed by atoms with Crippen molar-refractivity contribution in [2.45, 2.75) is 0 Å². The fourth-order valence-electron chi connectivity index (χ4n) is 8.67. The lowest BCUT2D eigenvalue weighted by atomic mass is 9.99. The Morgan fingerprint density at radius 1 is 0.439 bits per heavy atom. The van der Waals surface area contributed by atoms with Crippen molar-refractivity contribution in [2.24, 2.45) is 0 Å². The van der Waals surface area contributed by atoms with Crippen molar-refractivity contribution in [3.63, 3.8) is 0 Å². The highest BCUT2D eigenvalue weighted by Crippen LogP contribution is 2.46. The number of furan rings is 1. The Kier molecular flexibility index (Phi) is 7.06. The lowest BCUT2D eigenvalue weighted by Gasteiger charge is -2.13. The molecule has 12 aromatic rings. The molecule has 0 aliphatic rings. The zero-order valence-electron chi connectivity index (χ0n) is 30.6. The first kappa shape index (κ1) is 32.0. The van der Waals surface area contributed by atoms with E-state index in [1.165, 1.54) is 25.7 Å². The standard InChI is InChI=1S/C52H31N3OS/c1-3-15-32(16-4-1)43-31-44(33-17-5-2-6-18-33)54-52(53-43)40-24-14-26-46-49(40)39-21-7-10-25-45(39)55(46)34-29-41-35-19-8-11-27-47(35)56-50(41)42(30-34)38-23-13-22-37-36-20-9-12-28-48(36)57-51(37)38/h1-31H. The van der Waals surface area contributed by atoms with Crippen LogP contribution in [0.4, 0.5) is 0 Å². The van der Waals surface area contributed by atoms with Crippen LogP contribution in [0.1, 0.15) is 0 Å². The summed E-state index contributed by atoms with van der Waals surface area (Å²) in [6, 6.07) is 66.4. The van der Waals surface area contributed by atoms with E-state index in [4.69, 9.17) is 14.4 Å². The van der Waals surface area contributed by atoms with Gasteiger partial charge < -0.3 is 8.98 Å². The van der Waals surface area contributed by atoms with E-state index < -0.39 is 0 Å². The molecule has 0 radical (unpaired) electrons. The van der Waals surface area contributed by atoms with Crippen LogP contribution >= 0.6 is 11.3 Å². The van der Waals surface area contributed by atoms with Gasteiger partial charge in [-0.3, -0.25) is 0 Å². The number of hydrogen-bond donors (Lipinski definition) is 0. The molecule has 57 heavy (non-hydrogen) atoms. The molecule has 4 aromatic heterocycles. The van der Waals surface area contributed by atoms with Gasteiger partial charge in [0.2, 0.25) is 0 Å². The molecule has 0 amide bonds. The first-order valence-corrected chi connectivity index (χ1v) is 20.0. The van der Waals surface area contributed by atoms with Crippen LogP contribution < -0.4 is 0 Å². The van der Waals surface area contributed by atoms with Crippen molar-refractivity contribution in [2.75, 3.05) is 0 Å². The molecule has 0 aliphatic heterocycles. The molecule has 4 nitrogen and oxygen atoms in total. The average molecular weight is 746 g/mol. The number of fused-ring (bicyclic) bond motifs is 9. The van der Waals surface area contributed by atoms with E-state index in [1.54, 1.807) is 0 Å². The summed E-state index contributed by atoms with van der Waals surface area (Å²) in [5.41, 5.74) is 12.1. The molecular weight excluding hydrogens is 715 g/mol. The molecule has 12 rings (SSSR count). The predicted octanol–water partition coefficient (Wildman–Crippen LogP) is 14.5. The maximum Gasteiger partial charge on any atom is 0.161 e. The van der Waals surface area contributed by atoms with Gasteiger partial charge in [0, 0.05) is 75.2 Å². The van der Waals surface area contributed by atoms with E-state index in [-0.39, 0.29) is 0 Å². The summed E-state index contributed by atoms with van der Waals surface area (Å²) in [4.78, 5) is 10.6. The molecule has 0 spiro atoms. The monoisotopic (exact) mass is 745 g/mol. The molecule has 0 aliphatic carbocycles. The lowest BCUT2D eigenvalue weighted by Crippen LogP contribution is -1.97.